The van der Waals surface area contributed by atoms with Gasteiger partial charge in [-0.2, -0.15) is 0 Å². The first-order valence-electron chi connectivity index (χ1n) is 6.32. The summed E-state index contributed by atoms with van der Waals surface area (Å²) >= 11 is 0. The van der Waals surface area contributed by atoms with E-state index in [9.17, 15) is 9.90 Å². The highest BCUT2D eigenvalue weighted by Crippen LogP contribution is 2.36. The zero-order valence-electron chi connectivity index (χ0n) is 11.4. The molecule has 2 aromatic carbocycles. The van der Waals surface area contributed by atoms with Crippen molar-refractivity contribution < 1.29 is 19.4 Å². The average molecular weight is 286 g/mol. The highest BCUT2D eigenvalue weighted by Gasteiger charge is 2.22. The number of anilines is 2. The van der Waals surface area contributed by atoms with Gasteiger partial charge in [0.1, 0.15) is 5.75 Å². The minimum atomic E-state index is -0.295. The van der Waals surface area contributed by atoms with Gasteiger partial charge in [0, 0.05) is 30.6 Å². The second-order valence-corrected chi connectivity index (χ2v) is 4.68. The molecule has 1 heterocycles. The summed E-state index contributed by atoms with van der Waals surface area (Å²) in [5.74, 6) is 0.822. The number of nitrogens with zero attached hydrogens (tertiary/aromatic N) is 1. The Labute approximate surface area is 121 Å². The van der Waals surface area contributed by atoms with Gasteiger partial charge in [0.05, 0.1) is 5.56 Å². The molecule has 0 aliphatic carbocycles. The van der Waals surface area contributed by atoms with Crippen molar-refractivity contribution in [3.8, 4) is 17.2 Å². The molecular formula is C15H14N2O4. The molecule has 0 fully saturated rings. The number of aromatic hydroxyl groups is 1. The normalized spacial score (nSPS) is 12.2. The van der Waals surface area contributed by atoms with Crippen LogP contribution in [0.2, 0.25) is 0 Å². The Balaban J connectivity index is 1.95. The molecule has 108 valence electrons. The summed E-state index contributed by atoms with van der Waals surface area (Å²) in [6.45, 7) is 0.120. The van der Waals surface area contributed by atoms with E-state index in [-0.39, 0.29) is 18.4 Å². The molecule has 0 saturated heterocycles. The number of ether oxygens (including phenoxy) is 2. The quantitative estimate of drug-likeness (QED) is 0.825. The maximum Gasteiger partial charge on any atom is 0.260 e. The molecule has 0 bridgehead atoms. The average Bonchev–Trinajstić information content (AvgIpc) is 2.92. The number of hydrogen-bond donors (Lipinski definition) is 2. The number of phenolic OH excluding ortho intramolecular Hbond substituents is 1. The molecule has 3 rings (SSSR count). The van der Waals surface area contributed by atoms with Crippen LogP contribution in [-0.4, -0.2) is 24.9 Å². The van der Waals surface area contributed by atoms with E-state index in [1.165, 1.54) is 17.0 Å². The van der Waals surface area contributed by atoms with Gasteiger partial charge in [0.2, 0.25) is 6.79 Å². The fourth-order valence-corrected chi connectivity index (χ4v) is 2.14. The number of hydrogen-bond acceptors (Lipinski definition) is 5. The van der Waals surface area contributed by atoms with Crippen molar-refractivity contribution in [2.24, 2.45) is 0 Å². The van der Waals surface area contributed by atoms with Gasteiger partial charge in [-0.3, -0.25) is 4.79 Å². The van der Waals surface area contributed by atoms with Crippen molar-refractivity contribution in [1.29, 1.82) is 0 Å². The number of nitrogens with two attached hydrogens (primary N) is 1. The van der Waals surface area contributed by atoms with Crippen molar-refractivity contribution in [2.45, 2.75) is 0 Å². The standard InChI is InChI=1S/C15H14N2O4/c1-17(9-3-2-4-10(18)5-9)15(19)11-6-13-14(7-12(11)16)21-8-20-13/h2-7,18H,8,16H2,1H3. The summed E-state index contributed by atoms with van der Waals surface area (Å²) < 4.78 is 10.5. The fourth-order valence-electron chi connectivity index (χ4n) is 2.14. The zero-order chi connectivity index (χ0) is 15.0. The molecule has 3 N–H and O–H groups in total. The molecule has 1 amide bonds. The Hall–Kier alpha value is -2.89. The summed E-state index contributed by atoms with van der Waals surface area (Å²) in [6, 6.07) is 9.57. The van der Waals surface area contributed by atoms with Gasteiger partial charge in [-0.05, 0) is 18.2 Å². The summed E-state index contributed by atoms with van der Waals surface area (Å²) in [5.41, 5.74) is 7.11. The van der Waals surface area contributed by atoms with Crippen molar-refractivity contribution in [1.82, 2.24) is 0 Å². The van der Waals surface area contributed by atoms with Crippen molar-refractivity contribution in [3.05, 3.63) is 42.0 Å². The highest BCUT2D eigenvalue weighted by molar-refractivity contribution is 6.09. The molecule has 0 radical (unpaired) electrons. The Morgan fingerprint density at radius 1 is 1.24 bits per heavy atom. The van der Waals surface area contributed by atoms with Gasteiger partial charge in [-0.15, -0.1) is 0 Å². The van der Waals surface area contributed by atoms with Crippen LogP contribution >= 0.6 is 0 Å². The number of carbonyl (C=O) groups is 1. The van der Waals surface area contributed by atoms with Crippen molar-refractivity contribution in [2.75, 3.05) is 24.5 Å². The molecule has 1 aliphatic rings. The van der Waals surface area contributed by atoms with Gasteiger partial charge in [0.15, 0.2) is 11.5 Å². The van der Waals surface area contributed by atoms with E-state index < -0.39 is 0 Å². The van der Waals surface area contributed by atoms with E-state index in [4.69, 9.17) is 15.2 Å². The summed E-state index contributed by atoms with van der Waals surface area (Å²) in [5, 5.41) is 9.50. The molecule has 2 aromatic rings. The first-order valence-corrected chi connectivity index (χ1v) is 6.32. The van der Waals surface area contributed by atoms with Crippen LogP contribution in [0.5, 0.6) is 17.2 Å². The fraction of sp³-hybridized carbons (Fsp3) is 0.133. The lowest BCUT2D eigenvalue weighted by atomic mass is 10.1. The van der Waals surface area contributed by atoms with Crippen LogP contribution in [-0.2, 0) is 0 Å². The van der Waals surface area contributed by atoms with Gasteiger partial charge in [-0.1, -0.05) is 6.07 Å². The van der Waals surface area contributed by atoms with Gasteiger partial charge in [-0.25, -0.2) is 0 Å². The monoisotopic (exact) mass is 286 g/mol. The smallest absolute Gasteiger partial charge is 0.260 e. The predicted octanol–water partition coefficient (Wildman–Crippen LogP) is 1.98. The zero-order valence-corrected chi connectivity index (χ0v) is 11.4. The third-order valence-electron chi connectivity index (χ3n) is 3.30. The molecule has 0 unspecified atom stereocenters. The number of phenols is 1. The minimum Gasteiger partial charge on any atom is -0.508 e. The first kappa shape index (κ1) is 13.1. The third-order valence-corrected chi connectivity index (χ3v) is 3.30. The summed E-state index contributed by atoms with van der Waals surface area (Å²) in [4.78, 5) is 14.0. The lowest BCUT2D eigenvalue weighted by Crippen LogP contribution is -2.27. The molecule has 6 nitrogen and oxygen atoms in total. The van der Waals surface area contributed by atoms with Crippen LogP contribution in [0.3, 0.4) is 0 Å². The van der Waals surface area contributed by atoms with Crippen LogP contribution in [0.15, 0.2) is 36.4 Å². The lowest BCUT2D eigenvalue weighted by Gasteiger charge is -2.18. The summed E-state index contributed by atoms with van der Waals surface area (Å²) in [7, 11) is 1.61. The molecule has 0 aromatic heterocycles. The molecular weight excluding hydrogens is 272 g/mol. The van der Waals surface area contributed by atoms with E-state index in [0.717, 1.165) is 0 Å². The second-order valence-electron chi connectivity index (χ2n) is 4.68. The Kier molecular flexibility index (Phi) is 3.06. The number of benzene rings is 2. The highest BCUT2D eigenvalue weighted by atomic mass is 16.7. The number of amides is 1. The van der Waals surface area contributed by atoms with E-state index in [2.05, 4.69) is 0 Å². The van der Waals surface area contributed by atoms with Gasteiger partial charge in [0.25, 0.3) is 5.91 Å². The van der Waals surface area contributed by atoms with Gasteiger partial charge < -0.3 is 25.2 Å². The maximum atomic E-state index is 12.5. The second kappa shape index (κ2) is 4.90. The lowest BCUT2D eigenvalue weighted by molar-refractivity contribution is 0.0993. The topological polar surface area (TPSA) is 85.0 Å². The Morgan fingerprint density at radius 3 is 2.67 bits per heavy atom. The van der Waals surface area contributed by atoms with Gasteiger partial charge >= 0.3 is 0 Å². The van der Waals surface area contributed by atoms with E-state index >= 15 is 0 Å². The molecule has 0 spiro atoms. The molecule has 0 saturated carbocycles. The number of nitrogen functional groups attached to an aromatic ring is 1. The van der Waals surface area contributed by atoms with Crippen molar-refractivity contribution in [3.63, 3.8) is 0 Å². The predicted molar refractivity (Wildman–Crippen MR) is 77.8 cm³/mol. The SMILES string of the molecule is CN(C(=O)c1cc2c(cc1N)OCO2)c1cccc(O)c1. The first-order chi connectivity index (χ1) is 10.1. The van der Waals surface area contributed by atoms with Crippen LogP contribution < -0.4 is 20.1 Å². The number of rotatable bonds is 2. The number of carbonyl (C=O) groups excluding carboxylic acids is 1. The third kappa shape index (κ3) is 2.31. The number of fused-ring (bicyclic) bond motifs is 1. The van der Waals surface area contributed by atoms with Crippen LogP contribution in [0.4, 0.5) is 11.4 Å². The largest absolute Gasteiger partial charge is 0.508 e. The Bertz CT molecular complexity index is 715. The molecule has 21 heavy (non-hydrogen) atoms. The van der Waals surface area contributed by atoms with Crippen LogP contribution in [0.1, 0.15) is 10.4 Å². The Morgan fingerprint density at radius 2 is 1.95 bits per heavy atom. The van der Waals surface area contributed by atoms with E-state index in [1.54, 1.807) is 31.3 Å². The van der Waals surface area contributed by atoms with E-state index in [1.807, 2.05) is 0 Å². The molecule has 6 heteroatoms. The van der Waals surface area contributed by atoms with Crippen molar-refractivity contribution >= 4 is 17.3 Å². The van der Waals surface area contributed by atoms with Crippen LogP contribution in [0.25, 0.3) is 0 Å². The molecule has 0 atom stereocenters. The van der Waals surface area contributed by atoms with Crippen LogP contribution in [0, 0.1) is 0 Å². The minimum absolute atomic E-state index is 0.0887. The maximum absolute atomic E-state index is 12.5. The summed E-state index contributed by atoms with van der Waals surface area (Å²) in [6.07, 6.45) is 0. The van der Waals surface area contributed by atoms with E-state index in [0.29, 0.717) is 28.4 Å². The molecule has 1 aliphatic heterocycles.